The number of amides is 2. The molecule has 8 heteroatoms. The Morgan fingerprint density at radius 1 is 0.902 bits per heavy atom. The quantitative estimate of drug-likeness (QED) is 0.299. The molecule has 0 bridgehead atoms. The van der Waals surface area contributed by atoms with Gasteiger partial charge in [-0.2, -0.15) is 0 Å². The van der Waals surface area contributed by atoms with Crippen molar-refractivity contribution in [1.82, 2.24) is 15.1 Å². The monoisotopic (exact) mass is 581 g/mol. The lowest BCUT2D eigenvalue weighted by atomic mass is 10.00. The molecule has 1 aliphatic heterocycles. The van der Waals surface area contributed by atoms with Crippen LogP contribution in [0.4, 0.5) is 9.18 Å². The van der Waals surface area contributed by atoms with Crippen LogP contribution in [0.2, 0.25) is 0 Å². The number of hydrogen-bond donors (Lipinski definition) is 1. The standard InChI is InChI=1S/C31H35ClFN3O3.C2H6/c1-31(2,3)39-30(38)36-14-12-35(13-15-36)21-24-7-5-8-25(17-24)27-18-23(10-11-28(27)33)20-34-29(37)26-9-4-6-22(16-26)19-32;1-2/h4-11,16-18H,12-15,19-21H2,1-3H3,(H,34,37);1-2H3. The van der Waals surface area contributed by atoms with Gasteiger partial charge in [0.25, 0.3) is 5.91 Å². The predicted octanol–water partition coefficient (Wildman–Crippen LogP) is 7.24. The van der Waals surface area contributed by atoms with Crippen molar-refractivity contribution < 1.29 is 18.7 Å². The fourth-order valence-electron chi connectivity index (χ4n) is 4.49. The number of hydrogen-bond acceptors (Lipinski definition) is 4. The molecule has 0 radical (unpaired) electrons. The Morgan fingerprint density at radius 2 is 1.59 bits per heavy atom. The topological polar surface area (TPSA) is 61.9 Å². The number of benzene rings is 3. The molecule has 1 N–H and O–H groups in total. The van der Waals surface area contributed by atoms with Crippen molar-refractivity contribution in [1.29, 1.82) is 0 Å². The second-order valence-corrected chi connectivity index (χ2v) is 11.0. The fourth-order valence-corrected chi connectivity index (χ4v) is 4.66. The van der Waals surface area contributed by atoms with Gasteiger partial charge in [-0.05, 0) is 73.4 Å². The minimum absolute atomic E-state index is 0.207. The highest BCUT2D eigenvalue weighted by Crippen LogP contribution is 2.26. The summed E-state index contributed by atoms with van der Waals surface area (Å²) in [5, 5.41) is 2.91. The van der Waals surface area contributed by atoms with Crippen molar-refractivity contribution in [2.45, 2.75) is 59.2 Å². The van der Waals surface area contributed by atoms with Crippen molar-refractivity contribution in [2.75, 3.05) is 26.2 Å². The molecule has 6 nitrogen and oxygen atoms in total. The maximum atomic E-state index is 14.9. The van der Waals surface area contributed by atoms with Gasteiger partial charge < -0.3 is 15.0 Å². The minimum Gasteiger partial charge on any atom is -0.444 e. The number of carbonyl (C=O) groups is 2. The van der Waals surface area contributed by atoms with Crippen LogP contribution in [0.3, 0.4) is 0 Å². The number of rotatable bonds is 7. The Hall–Kier alpha value is -3.42. The van der Waals surface area contributed by atoms with E-state index in [0.29, 0.717) is 36.6 Å². The van der Waals surface area contributed by atoms with Crippen molar-refractivity contribution in [3.05, 3.63) is 94.8 Å². The van der Waals surface area contributed by atoms with Crippen molar-refractivity contribution >= 4 is 23.6 Å². The number of piperazine rings is 1. The third-order valence-electron chi connectivity index (χ3n) is 6.50. The van der Waals surface area contributed by atoms with E-state index in [9.17, 15) is 14.0 Å². The first-order valence-electron chi connectivity index (χ1n) is 14.1. The highest BCUT2D eigenvalue weighted by Gasteiger charge is 2.26. The van der Waals surface area contributed by atoms with Crippen molar-refractivity contribution in [3.8, 4) is 11.1 Å². The van der Waals surface area contributed by atoms with Gasteiger partial charge >= 0.3 is 6.09 Å². The van der Waals surface area contributed by atoms with Crippen LogP contribution in [0.5, 0.6) is 0 Å². The summed E-state index contributed by atoms with van der Waals surface area (Å²) in [5.41, 5.74) is 4.03. The molecule has 1 heterocycles. The molecule has 0 aromatic heterocycles. The van der Waals surface area contributed by atoms with Gasteiger partial charge in [-0.25, -0.2) is 9.18 Å². The molecule has 0 aliphatic carbocycles. The molecule has 2 amide bonds. The molecule has 1 aliphatic rings. The van der Waals surface area contributed by atoms with Crippen LogP contribution in [-0.4, -0.2) is 53.6 Å². The van der Waals surface area contributed by atoms with Gasteiger partial charge in [0.2, 0.25) is 0 Å². The summed E-state index contributed by atoms with van der Waals surface area (Å²) in [4.78, 5) is 29.0. The summed E-state index contributed by atoms with van der Waals surface area (Å²) < 4.78 is 20.4. The zero-order valence-corrected chi connectivity index (χ0v) is 25.4. The molecule has 0 saturated carbocycles. The SMILES string of the molecule is CC.CC(C)(C)OC(=O)N1CCN(Cc2cccc(-c3cc(CNC(=O)c4cccc(CCl)c4)ccc3F)c2)CC1. The highest BCUT2D eigenvalue weighted by molar-refractivity contribution is 6.17. The number of halogens is 2. The van der Waals surface area contributed by atoms with E-state index in [1.165, 1.54) is 6.07 Å². The summed E-state index contributed by atoms with van der Waals surface area (Å²) in [6.45, 7) is 13.3. The lowest BCUT2D eigenvalue weighted by molar-refractivity contribution is 0.0139. The van der Waals surface area contributed by atoms with E-state index in [2.05, 4.69) is 10.2 Å². The molecule has 3 aromatic rings. The molecule has 0 atom stereocenters. The maximum Gasteiger partial charge on any atom is 0.410 e. The molecule has 4 rings (SSSR count). The molecule has 1 saturated heterocycles. The molecular weight excluding hydrogens is 541 g/mol. The average molecular weight is 582 g/mol. The van der Waals surface area contributed by atoms with Crippen LogP contribution in [0, 0.1) is 5.82 Å². The Morgan fingerprint density at radius 3 is 2.27 bits per heavy atom. The Kier molecular flexibility index (Phi) is 11.7. The van der Waals surface area contributed by atoms with Gasteiger partial charge in [0.05, 0.1) is 0 Å². The first-order valence-corrected chi connectivity index (χ1v) is 14.7. The zero-order chi connectivity index (χ0) is 30.0. The van der Waals surface area contributed by atoms with E-state index >= 15 is 0 Å². The fraction of sp³-hybridized carbons (Fsp3) is 0.394. The van der Waals surface area contributed by atoms with Crippen LogP contribution in [-0.2, 0) is 23.7 Å². The van der Waals surface area contributed by atoms with Gasteiger partial charge in [0, 0.05) is 56.3 Å². The van der Waals surface area contributed by atoms with E-state index in [0.717, 1.165) is 35.3 Å². The second kappa shape index (κ2) is 15.0. The average Bonchev–Trinajstić information content (AvgIpc) is 2.97. The number of nitrogens with one attached hydrogen (secondary N) is 1. The van der Waals surface area contributed by atoms with Crippen molar-refractivity contribution in [3.63, 3.8) is 0 Å². The maximum absolute atomic E-state index is 14.9. The molecule has 220 valence electrons. The van der Waals surface area contributed by atoms with Gasteiger partial charge in [-0.15, -0.1) is 11.6 Å². The Balaban J connectivity index is 0.00000226. The third-order valence-corrected chi connectivity index (χ3v) is 6.80. The second-order valence-electron chi connectivity index (χ2n) is 10.8. The predicted molar refractivity (Wildman–Crippen MR) is 163 cm³/mol. The van der Waals surface area contributed by atoms with Gasteiger partial charge in [-0.3, -0.25) is 9.69 Å². The lowest BCUT2D eigenvalue weighted by Crippen LogP contribution is -2.49. The van der Waals surface area contributed by atoms with Crippen LogP contribution >= 0.6 is 11.6 Å². The molecule has 41 heavy (non-hydrogen) atoms. The van der Waals surface area contributed by atoms with Crippen molar-refractivity contribution in [2.24, 2.45) is 0 Å². The lowest BCUT2D eigenvalue weighted by Gasteiger charge is -2.35. The van der Waals surface area contributed by atoms with Gasteiger partial charge in [0.1, 0.15) is 11.4 Å². The van der Waals surface area contributed by atoms with Gasteiger partial charge in [-0.1, -0.05) is 50.2 Å². The van der Waals surface area contributed by atoms with Gasteiger partial charge in [0.15, 0.2) is 0 Å². The van der Waals surface area contributed by atoms with Crippen LogP contribution in [0.25, 0.3) is 11.1 Å². The molecule has 0 unspecified atom stereocenters. The minimum atomic E-state index is -0.511. The Labute approximate surface area is 248 Å². The number of ether oxygens (including phenoxy) is 1. The summed E-state index contributed by atoms with van der Waals surface area (Å²) in [6, 6.07) is 19.9. The smallest absolute Gasteiger partial charge is 0.410 e. The summed E-state index contributed by atoms with van der Waals surface area (Å²) in [7, 11) is 0. The molecule has 3 aromatic carbocycles. The first kappa shape index (κ1) is 32.1. The van der Waals surface area contributed by atoms with Crippen LogP contribution in [0.1, 0.15) is 61.7 Å². The van der Waals surface area contributed by atoms with E-state index < -0.39 is 5.60 Å². The van der Waals surface area contributed by atoms with E-state index in [4.69, 9.17) is 16.3 Å². The molecular formula is C33H41ClFN3O3. The zero-order valence-electron chi connectivity index (χ0n) is 24.7. The largest absolute Gasteiger partial charge is 0.444 e. The van der Waals surface area contributed by atoms with E-state index in [-0.39, 0.29) is 24.4 Å². The first-order chi connectivity index (χ1) is 19.6. The summed E-state index contributed by atoms with van der Waals surface area (Å²) >= 11 is 5.88. The molecule has 1 fully saturated rings. The Bertz CT molecular complexity index is 1320. The number of nitrogens with zero attached hydrogens (tertiary/aromatic N) is 2. The summed E-state index contributed by atoms with van der Waals surface area (Å²) in [5.74, 6) is -0.186. The normalized spacial score (nSPS) is 13.7. The summed E-state index contributed by atoms with van der Waals surface area (Å²) in [6.07, 6.45) is -0.278. The van der Waals surface area contributed by atoms with Crippen LogP contribution < -0.4 is 5.32 Å². The highest BCUT2D eigenvalue weighted by atomic mass is 35.5. The van der Waals surface area contributed by atoms with E-state index in [1.807, 2.05) is 65.0 Å². The number of carbonyl (C=O) groups excluding carboxylic acids is 2. The van der Waals surface area contributed by atoms with E-state index in [1.54, 1.807) is 35.2 Å². The number of alkyl halides is 1. The third kappa shape index (κ3) is 9.58. The molecule has 0 spiro atoms. The van der Waals surface area contributed by atoms with Crippen LogP contribution in [0.15, 0.2) is 66.7 Å².